The molecule has 0 aromatic heterocycles. The second kappa shape index (κ2) is 7.15. The minimum atomic E-state index is -0.488. The van der Waals surface area contributed by atoms with Crippen LogP contribution in [0.1, 0.15) is 11.6 Å². The van der Waals surface area contributed by atoms with Gasteiger partial charge in [0.25, 0.3) is 0 Å². The topological polar surface area (TPSA) is 53.2 Å². The van der Waals surface area contributed by atoms with E-state index in [1.165, 1.54) is 0 Å². The van der Waals surface area contributed by atoms with Gasteiger partial charge in [0.2, 0.25) is 5.91 Å². The van der Waals surface area contributed by atoms with Crippen molar-refractivity contribution in [3.63, 3.8) is 0 Å². The van der Waals surface area contributed by atoms with Crippen LogP contribution in [-0.2, 0) is 4.79 Å². The third kappa shape index (κ3) is 3.66. The van der Waals surface area contributed by atoms with E-state index in [1.54, 1.807) is 0 Å². The van der Waals surface area contributed by atoms with Crippen molar-refractivity contribution in [1.29, 1.82) is 0 Å². The molecule has 4 nitrogen and oxygen atoms in total. The summed E-state index contributed by atoms with van der Waals surface area (Å²) in [5.41, 5.74) is 2.30. The Hall–Kier alpha value is -2.18. The number of hydrogen-bond donors (Lipinski definition) is 3. The van der Waals surface area contributed by atoms with Crippen molar-refractivity contribution in [2.75, 3.05) is 5.32 Å². The highest BCUT2D eigenvalue weighted by Gasteiger charge is 2.36. The summed E-state index contributed by atoms with van der Waals surface area (Å²) < 4.78 is 0.979. The van der Waals surface area contributed by atoms with Crippen molar-refractivity contribution in [3.05, 3.63) is 76.9 Å². The van der Waals surface area contributed by atoms with Crippen molar-refractivity contribution >= 4 is 44.9 Å². The number of hydrogen-bond acceptors (Lipinski definition) is 2. The lowest BCUT2D eigenvalue weighted by atomic mass is 9.88. The fraction of sp³-hybridized carbons (Fsp3) is 0.111. The number of benzene rings is 2. The molecule has 122 valence electrons. The number of nitrogens with one attached hydrogen (secondary N) is 3. The van der Waals surface area contributed by atoms with Gasteiger partial charge in [-0.05, 0) is 42.0 Å². The zero-order valence-corrected chi connectivity index (χ0v) is 15.2. The number of carbonyl (C=O) groups is 1. The predicted molar refractivity (Wildman–Crippen MR) is 103 cm³/mol. The number of para-hydroxylation sites is 1. The number of anilines is 1. The van der Waals surface area contributed by atoms with Crippen molar-refractivity contribution in [1.82, 2.24) is 10.6 Å². The maximum Gasteiger partial charge on any atom is 0.235 e. The van der Waals surface area contributed by atoms with Crippen molar-refractivity contribution in [2.24, 2.45) is 5.92 Å². The molecule has 0 bridgehead atoms. The Labute approximate surface area is 154 Å². The van der Waals surface area contributed by atoms with E-state index in [-0.39, 0.29) is 11.9 Å². The summed E-state index contributed by atoms with van der Waals surface area (Å²) in [6.07, 6.45) is 0. The summed E-state index contributed by atoms with van der Waals surface area (Å²) in [7, 11) is 0. The van der Waals surface area contributed by atoms with E-state index in [1.807, 2.05) is 54.6 Å². The van der Waals surface area contributed by atoms with Gasteiger partial charge in [-0.2, -0.15) is 0 Å². The molecule has 1 fully saturated rings. The minimum absolute atomic E-state index is 0.137. The van der Waals surface area contributed by atoms with Crippen molar-refractivity contribution in [2.45, 2.75) is 6.04 Å². The maximum atomic E-state index is 12.8. The highest BCUT2D eigenvalue weighted by Crippen LogP contribution is 2.31. The third-order valence-electron chi connectivity index (χ3n) is 3.82. The van der Waals surface area contributed by atoms with E-state index in [0.29, 0.717) is 10.8 Å². The number of halogens is 1. The Morgan fingerprint density at radius 3 is 2.46 bits per heavy atom. The van der Waals surface area contributed by atoms with Gasteiger partial charge < -0.3 is 16.0 Å². The normalized spacial score (nSPS) is 20.0. The molecule has 24 heavy (non-hydrogen) atoms. The van der Waals surface area contributed by atoms with Crippen LogP contribution in [0.3, 0.4) is 0 Å². The van der Waals surface area contributed by atoms with Crippen LogP contribution in [-0.4, -0.2) is 11.0 Å². The summed E-state index contributed by atoms with van der Waals surface area (Å²) >= 11 is 8.66. The molecular formula is C18H16BrN3OS. The van der Waals surface area contributed by atoms with Crippen LogP contribution in [0, 0.1) is 5.92 Å². The average Bonchev–Trinajstić information content (AvgIpc) is 2.55. The van der Waals surface area contributed by atoms with Crippen LogP contribution < -0.4 is 16.0 Å². The first kappa shape index (κ1) is 16.7. The lowest BCUT2D eigenvalue weighted by molar-refractivity contribution is -0.119. The number of thiocarbonyl (C=S) groups is 1. The average molecular weight is 402 g/mol. The van der Waals surface area contributed by atoms with Crippen molar-refractivity contribution < 1.29 is 4.79 Å². The van der Waals surface area contributed by atoms with Gasteiger partial charge in [-0.1, -0.05) is 52.8 Å². The zero-order chi connectivity index (χ0) is 17.1. The second-order valence-corrected chi connectivity index (χ2v) is 6.81. The van der Waals surface area contributed by atoms with Crippen LogP contribution >= 0.6 is 28.1 Å². The van der Waals surface area contributed by atoms with Crippen LogP contribution in [0.5, 0.6) is 0 Å². The SMILES string of the molecule is C=C1NC(=S)NC(c2ccc(Br)cc2)C1C(=O)Nc1ccccc1. The largest absolute Gasteiger partial charge is 0.354 e. The van der Waals surface area contributed by atoms with Crippen molar-refractivity contribution in [3.8, 4) is 0 Å². The van der Waals surface area contributed by atoms with Crippen LogP contribution in [0.4, 0.5) is 5.69 Å². The molecule has 1 heterocycles. The standard InChI is InChI=1S/C18H16BrN3OS/c1-11-15(17(23)21-14-5-3-2-4-6-14)16(22-18(24)20-11)12-7-9-13(19)10-8-12/h2-10,15-16H,1H2,(H,21,23)(H2,20,22,24). The minimum Gasteiger partial charge on any atom is -0.354 e. The highest BCUT2D eigenvalue weighted by molar-refractivity contribution is 9.10. The van der Waals surface area contributed by atoms with E-state index >= 15 is 0 Å². The van der Waals surface area contributed by atoms with E-state index in [4.69, 9.17) is 12.2 Å². The molecule has 2 aromatic carbocycles. The van der Waals surface area contributed by atoms with E-state index in [0.717, 1.165) is 15.7 Å². The van der Waals surface area contributed by atoms with Crippen LogP contribution in [0.15, 0.2) is 71.3 Å². The molecule has 1 aliphatic heterocycles. The fourth-order valence-corrected chi connectivity index (χ4v) is 3.20. The van der Waals surface area contributed by atoms with Gasteiger partial charge in [0.15, 0.2) is 5.11 Å². The summed E-state index contributed by atoms with van der Waals surface area (Å²) in [5.74, 6) is -0.625. The molecule has 0 aliphatic carbocycles. The lowest BCUT2D eigenvalue weighted by Gasteiger charge is -2.35. The molecule has 3 N–H and O–H groups in total. The molecule has 1 saturated heterocycles. The third-order valence-corrected chi connectivity index (χ3v) is 4.57. The summed E-state index contributed by atoms with van der Waals surface area (Å²) in [6, 6.07) is 16.9. The first-order valence-electron chi connectivity index (χ1n) is 7.42. The summed E-state index contributed by atoms with van der Waals surface area (Å²) in [6.45, 7) is 3.99. The second-order valence-electron chi connectivity index (χ2n) is 5.49. The molecular weight excluding hydrogens is 386 g/mol. The van der Waals surface area contributed by atoms with E-state index in [9.17, 15) is 4.79 Å². The van der Waals surface area contributed by atoms with Gasteiger partial charge in [-0.3, -0.25) is 4.79 Å². The first-order valence-corrected chi connectivity index (χ1v) is 8.62. The number of amides is 1. The smallest absolute Gasteiger partial charge is 0.235 e. The molecule has 2 unspecified atom stereocenters. The monoisotopic (exact) mass is 401 g/mol. The quantitative estimate of drug-likeness (QED) is 0.685. The molecule has 6 heteroatoms. The molecule has 1 aliphatic rings. The van der Waals surface area contributed by atoms with Gasteiger partial charge in [0, 0.05) is 15.9 Å². The molecule has 2 atom stereocenters. The van der Waals surface area contributed by atoms with Gasteiger partial charge in [-0.25, -0.2) is 0 Å². The number of rotatable bonds is 3. The van der Waals surface area contributed by atoms with Crippen LogP contribution in [0.25, 0.3) is 0 Å². The Morgan fingerprint density at radius 1 is 1.12 bits per heavy atom. The first-order chi connectivity index (χ1) is 11.5. The predicted octanol–water partition coefficient (Wildman–Crippen LogP) is 3.74. The summed E-state index contributed by atoms with van der Waals surface area (Å²) in [5, 5.41) is 9.55. The Morgan fingerprint density at radius 2 is 1.79 bits per heavy atom. The van der Waals surface area contributed by atoms with Crippen LogP contribution in [0.2, 0.25) is 0 Å². The van der Waals surface area contributed by atoms with E-state index in [2.05, 4.69) is 38.5 Å². The molecule has 0 radical (unpaired) electrons. The van der Waals surface area contributed by atoms with Gasteiger partial charge >= 0.3 is 0 Å². The Balaban J connectivity index is 1.89. The zero-order valence-electron chi connectivity index (χ0n) is 12.8. The van der Waals surface area contributed by atoms with Gasteiger partial charge in [-0.15, -0.1) is 0 Å². The molecule has 3 rings (SSSR count). The fourth-order valence-electron chi connectivity index (χ4n) is 2.68. The summed E-state index contributed by atoms with van der Waals surface area (Å²) in [4.78, 5) is 12.8. The van der Waals surface area contributed by atoms with E-state index < -0.39 is 5.92 Å². The number of carbonyl (C=O) groups excluding carboxylic acids is 1. The Bertz CT molecular complexity index is 777. The Kier molecular flexibility index (Phi) is 4.97. The highest BCUT2D eigenvalue weighted by atomic mass is 79.9. The molecule has 1 amide bonds. The maximum absolute atomic E-state index is 12.8. The van der Waals surface area contributed by atoms with Gasteiger partial charge in [0.05, 0.1) is 6.04 Å². The van der Waals surface area contributed by atoms with Gasteiger partial charge in [0.1, 0.15) is 5.92 Å². The lowest BCUT2D eigenvalue weighted by Crippen LogP contribution is -2.51. The molecule has 0 spiro atoms. The molecule has 0 saturated carbocycles. The molecule has 2 aromatic rings.